The number of ether oxygens (including phenoxy) is 8. The van der Waals surface area contributed by atoms with E-state index in [-0.39, 0.29) is 17.3 Å². The third-order valence-electron chi connectivity index (χ3n) is 17.0. The molecule has 0 aromatic heterocycles. The fourth-order valence-corrected chi connectivity index (χ4v) is 13.4. The van der Waals surface area contributed by atoms with Gasteiger partial charge in [0.1, 0.15) is 91.6 Å². The smallest absolute Gasteiger partial charge is 0.314 e. The maximum Gasteiger partial charge on any atom is 0.314 e. The molecule has 0 amide bonds. The lowest BCUT2D eigenvalue weighted by Gasteiger charge is -2.64. The molecule has 1 spiro atoms. The van der Waals surface area contributed by atoms with Gasteiger partial charge in [0.15, 0.2) is 18.9 Å². The molecule has 0 aromatic carbocycles. The van der Waals surface area contributed by atoms with E-state index in [1.54, 1.807) is 0 Å². The maximum atomic E-state index is 14.3. The van der Waals surface area contributed by atoms with Crippen LogP contribution >= 0.6 is 0 Å². The quantitative estimate of drug-likeness (QED) is 0.0532. The normalized spacial score (nSPS) is 55.2. The molecule has 2 bridgehead atoms. The first-order valence-corrected chi connectivity index (χ1v) is 23.2. The number of carbonyl (C=O) groups is 1. The molecule has 4 saturated heterocycles. The second-order valence-electron chi connectivity index (χ2n) is 20.8. The number of carbonyl (C=O) groups excluding carboxylic acids is 1. The number of aliphatic hydroxyl groups is 13. The molecule has 0 unspecified atom stereocenters. The molecule has 8 rings (SSSR count). The summed E-state index contributed by atoms with van der Waals surface area (Å²) in [6.45, 7) is 7.77. The Morgan fingerprint density at radius 1 is 0.606 bits per heavy atom. The Morgan fingerprint density at radius 2 is 1.12 bits per heavy atom. The van der Waals surface area contributed by atoms with Crippen molar-refractivity contribution in [2.45, 2.75) is 207 Å². The van der Waals surface area contributed by atoms with E-state index in [0.29, 0.717) is 51.4 Å². The lowest BCUT2D eigenvalue weighted by atomic mass is 9.41. The number of hydrogen-bond acceptors (Lipinski definition) is 22. The van der Waals surface area contributed by atoms with E-state index in [9.17, 15) is 71.2 Å². The SMILES string of the molecule is C=C1C[C@@]23CC[C@@H]4[C@@](C)(CCC[C@@]4(C)C(=O)O[C@@H]4O[C@H](CO)[C@@H](O)[C@H](O)[C@H]4O)[C@H]2CC[C@]1(O[C@@H]1O[C@H](CO)[C@@H](O)[C@H](O[C@@H]2O[C@H](CO)[C@@H](O)[C@H](O)[C@H]2O)[C@H]1O[C@H]1O[C@@H](C)[C@H](O)[C@@H](O)[C@H]1O)C3. The fourth-order valence-electron chi connectivity index (χ4n) is 13.4. The highest BCUT2D eigenvalue weighted by atomic mass is 16.8. The van der Waals surface area contributed by atoms with E-state index in [1.165, 1.54) is 6.92 Å². The summed E-state index contributed by atoms with van der Waals surface area (Å²) in [6.07, 6.45) is -27.4. The molecule has 22 heteroatoms. The van der Waals surface area contributed by atoms with Gasteiger partial charge in [0.05, 0.1) is 36.9 Å². The second-order valence-corrected chi connectivity index (χ2v) is 20.8. The van der Waals surface area contributed by atoms with Crippen LogP contribution in [0.4, 0.5) is 0 Å². The topological polar surface area (TPSA) is 354 Å². The van der Waals surface area contributed by atoms with Crippen LogP contribution in [-0.4, -0.2) is 221 Å². The molecular weight excluding hydrogens is 880 g/mol. The van der Waals surface area contributed by atoms with E-state index < -0.39 is 165 Å². The van der Waals surface area contributed by atoms with Crippen molar-refractivity contribution >= 4 is 5.97 Å². The molecule has 66 heavy (non-hydrogen) atoms. The van der Waals surface area contributed by atoms with Crippen molar-refractivity contribution in [3.8, 4) is 0 Å². The van der Waals surface area contributed by atoms with Crippen LogP contribution < -0.4 is 0 Å². The molecule has 8 aliphatic rings. The third-order valence-corrected chi connectivity index (χ3v) is 17.0. The van der Waals surface area contributed by atoms with Crippen molar-refractivity contribution in [3.63, 3.8) is 0 Å². The Labute approximate surface area is 381 Å². The van der Waals surface area contributed by atoms with Gasteiger partial charge in [0, 0.05) is 0 Å². The van der Waals surface area contributed by atoms with E-state index in [2.05, 4.69) is 13.5 Å². The number of esters is 1. The van der Waals surface area contributed by atoms with Gasteiger partial charge in [0.25, 0.3) is 0 Å². The molecule has 378 valence electrons. The molecule has 0 aromatic rings. The van der Waals surface area contributed by atoms with Gasteiger partial charge in [-0.15, -0.1) is 0 Å². The lowest BCUT2D eigenvalue weighted by molar-refractivity contribution is -0.398. The van der Waals surface area contributed by atoms with Crippen molar-refractivity contribution in [2.24, 2.45) is 28.1 Å². The monoisotopic (exact) mass is 950 g/mol. The first-order valence-electron chi connectivity index (χ1n) is 23.2. The largest absolute Gasteiger partial charge is 0.432 e. The van der Waals surface area contributed by atoms with Crippen LogP contribution in [0.2, 0.25) is 0 Å². The zero-order chi connectivity index (χ0) is 48.0. The Morgan fingerprint density at radius 3 is 1.74 bits per heavy atom. The summed E-state index contributed by atoms with van der Waals surface area (Å²) in [7, 11) is 0. The van der Waals surface area contributed by atoms with Crippen LogP contribution in [0.15, 0.2) is 12.2 Å². The van der Waals surface area contributed by atoms with E-state index in [0.717, 1.165) is 12.0 Å². The summed E-state index contributed by atoms with van der Waals surface area (Å²) in [5, 5.41) is 137. The lowest BCUT2D eigenvalue weighted by Crippen LogP contribution is -2.67. The van der Waals surface area contributed by atoms with Crippen molar-refractivity contribution in [3.05, 3.63) is 12.2 Å². The van der Waals surface area contributed by atoms with Crippen LogP contribution in [-0.2, 0) is 42.7 Å². The summed E-state index contributed by atoms with van der Waals surface area (Å²) in [5.74, 6) is -0.750. The standard InChI is InChI=1S/C44H70O22/c1-17-12-43-10-6-22-41(3,8-5-9-42(22,4)40(58)65-38-33(57)30(54)26(50)20(14-46)61-38)23(43)7-11-44(17,16-43)66-39-35(64-36-31(55)28(52)24(48)18(2)59-36)34(27(51)21(15-47)62-39)63-37-32(56)29(53)25(49)19(13-45)60-37/h18-39,45-57H,1,5-16H2,2-4H3/t18-,19+,20+,21+,22+,23+,24-,25+,26+,27+,28+,29-,30-,31+,32+,33+,34-,35+,36+,37-,38-,39-,41+,42+,43+,44-/m0/s1. The maximum absolute atomic E-state index is 14.3. The predicted molar refractivity (Wildman–Crippen MR) is 218 cm³/mol. The summed E-state index contributed by atoms with van der Waals surface area (Å²) in [6, 6.07) is 0. The highest BCUT2D eigenvalue weighted by Crippen LogP contribution is 2.73. The van der Waals surface area contributed by atoms with Gasteiger partial charge in [-0.1, -0.05) is 19.9 Å². The zero-order valence-electron chi connectivity index (χ0n) is 37.4. The fraction of sp³-hybridized carbons (Fsp3) is 0.932. The minimum absolute atomic E-state index is 0.0493. The Bertz CT molecular complexity index is 1740. The van der Waals surface area contributed by atoms with Crippen molar-refractivity contribution in [1.82, 2.24) is 0 Å². The van der Waals surface area contributed by atoms with Crippen LogP contribution in [0.25, 0.3) is 0 Å². The first-order chi connectivity index (χ1) is 31.1. The van der Waals surface area contributed by atoms with Crippen molar-refractivity contribution < 1.29 is 109 Å². The molecule has 4 heterocycles. The molecule has 22 nitrogen and oxygen atoms in total. The predicted octanol–water partition coefficient (Wildman–Crippen LogP) is -4.09. The van der Waals surface area contributed by atoms with Crippen LogP contribution in [0, 0.1) is 28.1 Å². The number of fused-ring (bicyclic) bond motifs is 3. The minimum atomic E-state index is -1.92. The third kappa shape index (κ3) is 8.30. The van der Waals surface area contributed by atoms with Gasteiger partial charge in [-0.25, -0.2) is 0 Å². The number of hydrogen-bond donors (Lipinski definition) is 13. The Balaban J connectivity index is 1.06. The molecule has 13 N–H and O–H groups in total. The molecule has 26 atom stereocenters. The summed E-state index contributed by atoms with van der Waals surface area (Å²) >= 11 is 0. The Hall–Kier alpha value is -1.59. The van der Waals surface area contributed by atoms with Crippen LogP contribution in [0.5, 0.6) is 0 Å². The summed E-state index contributed by atoms with van der Waals surface area (Å²) in [4.78, 5) is 14.3. The Kier molecular flexibility index (Phi) is 14.5. The average molecular weight is 951 g/mol. The molecular formula is C44H70O22. The highest BCUT2D eigenvalue weighted by Gasteiger charge is 2.70. The molecule has 4 aliphatic heterocycles. The first kappa shape index (κ1) is 50.8. The van der Waals surface area contributed by atoms with Gasteiger partial charge >= 0.3 is 5.97 Å². The van der Waals surface area contributed by atoms with E-state index in [1.807, 2.05) is 6.92 Å². The van der Waals surface area contributed by atoms with Gasteiger partial charge in [-0.3, -0.25) is 4.79 Å². The molecule has 4 aliphatic carbocycles. The van der Waals surface area contributed by atoms with Crippen LogP contribution in [0.1, 0.15) is 78.6 Å². The number of rotatable bonds is 11. The van der Waals surface area contributed by atoms with Crippen LogP contribution in [0.3, 0.4) is 0 Å². The molecule has 8 fully saturated rings. The van der Waals surface area contributed by atoms with Gasteiger partial charge in [-0.2, -0.15) is 0 Å². The zero-order valence-corrected chi connectivity index (χ0v) is 37.4. The van der Waals surface area contributed by atoms with Gasteiger partial charge in [0.2, 0.25) is 6.29 Å². The number of aliphatic hydroxyl groups excluding tert-OH is 13. The summed E-state index contributed by atoms with van der Waals surface area (Å²) in [5.41, 5.74) is -2.19. The average Bonchev–Trinajstić information content (AvgIpc) is 3.48. The van der Waals surface area contributed by atoms with Gasteiger partial charge in [-0.05, 0) is 93.5 Å². The van der Waals surface area contributed by atoms with E-state index >= 15 is 0 Å². The molecule has 4 saturated carbocycles. The van der Waals surface area contributed by atoms with E-state index in [4.69, 9.17) is 37.9 Å². The van der Waals surface area contributed by atoms with Gasteiger partial charge < -0.3 is 104 Å². The second kappa shape index (κ2) is 18.9. The van der Waals surface area contributed by atoms with Crippen molar-refractivity contribution in [2.75, 3.05) is 19.8 Å². The highest BCUT2D eigenvalue weighted by molar-refractivity contribution is 5.77. The van der Waals surface area contributed by atoms with Crippen molar-refractivity contribution in [1.29, 1.82) is 0 Å². The summed E-state index contributed by atoms with van der Waals surface area (Å²) < 4.78 is 48.4. The molecule has 0 radical (unpaired) electrons. The minimum Gasteiger partial charge on any atom is -0.432 e.